The molecule has 0 spiro atoms. The van der Waals surface area contributed by atoms with Gasteiger partial charge in [-0.2, -0.15) is 0 Å². The third kappa shape index (κ3) is 5.07. The van der Waals surface area contributed by atoms with Crippen molar-refractivity contribution >= 4 is 0 Å². The molecule has 1 aliphatic carbocycles. The Morgan fingerprint density at radius 3 is 1.95 bits per heavy atom. The van der Waals surface area contributed by atoms with Gasteiger partial charge in [0.2, 0.25) is 0 Å². The van der Waals surface area contributed by atoms with E-state index in [4.69, 9.17) is 9.47 Å². The summed E-state index contributed by atoms with van der Waals surface area (Å²) in [6.45, 7) is 8.72. The summed E-state index contributed by atoms with van der Waals surface area (Å²) < 4.78 is 11.2. The lowest BCUT2D eigenvalue weighted by molar-refractivity contribution is -0.0522. The molecule has 0 saturated heterocycles. The lowest BCUT2D eigenvalue weighted by atomic mass is 9.65. The highest BCUT2D eigenvalue weighted by Crippen LogP contribution is 2.44. The smallest absolute Gasteiger partial charge is 0.0543 e. The van der Waals surface area contributed by atoms with Crippen LogP contribution in [0, 0.1) is 23.2 Å². The lowest BCUT2D eigenvalue weighted by Crippen LogP contribution is -2.41. The van der Waals surface area contributed by atoms with Crippen molar-refractivity contribution in [3.63, 3.8) is 0 Å². The summed E-state index contributed by atoms with van der Waals surface area (Å²) >= 11 is 0. The highest BCUT2D eigenvalue weighted by molar-refractivity contribution is 4.89. The van der Waals surface area contributed by atoms with Gasteiger partial charge in [-0.1, -0.05) is 40.0 Å². The van der Waals surface area contributed by atoms with Crippen molar-refractivity contribution in [1.29, 1.82) is 0 Å². The van der Waals surface area contributed by atoms with Gasteiger partial charge in [0.15, 0.2) is 0 Å². The van der Waals surface area contributed by atoms with Gasteiger partial charge < -0.3 is 9.47 Å². The van der Waals surface area contributed by atoms with Gasteiger partial charge in [-0.3, -0.25) is 0 Å². The van der Waals surface area contributed by atoms with E-state index in [0.717, 1.165) is 31.0 Å². The second-order valence-corrected chi connectivity index (χ2v) is 7.12. The van der Waals surface area contributed by atoms with Crippen LogP contribution < -0.4 is 0 Å². The molecule has 0 aromatic carbocycles. The number of hydrogen-bond acceptors (Lipinski definition) is 2. The zero-order valence-corrected chi connectivity index (χ0v) is 13.7. The third-order valence-electron chi connectivity index (χ3n) is 4.97. The Labute approximate surface area is 120 Å². The van der Waals surface area contributed by atoms with Crippen molar-refractivity contribution in [2.45, 2.75) is 59.3 Å². The summed E-state index contributed by atoms with van der Waals surface area (Å²) in [4.78, 5) is 0. The van der Waals surface area contributed by atoms with Crippen LogP contribution >= 0.6 is 0 Å². The van der Waals surface area contributed by atoms with Crippen LogP contribution in [0.2, 0.25) is 0 Å². The van der Waals surface area contributed by atoms with Crippen molar-refractivity contribution < 1.29 is 9.47 Å². The average molecular weight is 270 g/mol. The van der Waals surface area contributed by atoms with Gasteiger partial charge in [0, 0.05) is 19.6 Å². The second-order valence-electron chi connectivity index (χ2n) is 7.12. The number of hydrogen-bond donors (Lipinski definition) is 0. The molecule has 0 atom stereocenters. The fourth-order valence-electron chi connectivity index (χ4n) is 3.65. The Bertz CT molecular complexity index is 223. The Kier molecular flexibility index (Phi) is 7.38. The summed E-state index contributed by atoms with van der Waals surface area (Å²) in [6, 6.07) is 0. The summed E-state index contributed by atoms with van der Waals surface area (Å²) in [5.41, 5.74) is 0.244. The molecule has 19 heavy (non-hydrogen) atoms. The van der Waals surface area contributed by atoms with Crippen molar-refractivity contribution in [3.05, 3.63) is 0 Å². The van der Waals surface area contributed by atoms with Crippen molar-refractivity contribution in [2.24, 2.45) is 23.2 Å². The molecule has 2 nitrogen and oxygen atoms in total. The van der Waals surface area contributed by atoms with E-state index in [2.05, 4.69) is 20.8 Å². The Morgan fingerprint density at radius 2 is 1.53 bits per heavy atom. The summed E-state index contributed by atoms with van der Waals surface area (Å²) in [5.74, 6) is 2.45. The number of ether oxygens (including phenoxy) is 2. The predicted octanol–water partition coefficient (Wildman–Crippen LogP) is 4.53. The first-order chi connectivity index (χ1) is 9.04. The fourth-order valence-corrected chi connectivity index (χ4v) is 3.65. The number of methoxy groups -OCH3 is 2. The number of rotatable bonds is 8. The highest BCUT2D eigenvalue weighted by atomic mass is 16.5. The van der Waals surface area contributed by atoms with E-state index >= 15 is 0 Å². The second kappa shape index (κ2) is 8.26. The summed E-state index contributed by atoms with van der Waals surface area (Å²) in [5, 5.41) is 0. The molecule has 1 rings (SSSR count). The zero-order valence-electron chi connectivity index (χ0n) is 13.7. The monoisotopic (exact) mass is 270 g/mol. The molecule has 0 bridgehead atoms. The topological polar surface area (TPSA) is 18.5 Å². The average Bonchev–Trinajstić information content (AvgIpc) is 2.37. The quantitative estimate of drug-likeness (QED) is 0.645. The molecule has 1 fully saturated rings. The van der Waals surface area contributed by atoms with Gasteiger partial charge in [-0.05, 0) is 37.0 Å². The van der Waals surface area contributed by atoms with E-state index in [1.807, 2.05) is 14.2 Å². The van der Waals surface area contributed by atoms with Crippen LogP contribution in [0.15, 0.2) is 0 Å². The van der Waals surface area contributed by atoms with E-state index in [0.29, 0.717) is 0 Å². The molecule has 0 aromatic rings. The zero-order chi connectivity index (χ0) is 14.3. The Hall–Kier alpha value is -0.0800. The summed E-state index contributed by atoms with van der Waals surface area (Å²) in [6.07, 6.45) is 7.98. The first kappa shape index (κ1) is 17.0. The SMILES string of the molecule is COCC(CCC(C)C)(COC)C1CCC(C)CC1. The maximum atomic E-state index is 5.59. The molecule has 1 aliphatic rings. The van der Waals surface area contributed by atoms with Gasteiger partial charge in [-0.15, -0.1) is 0 Å². The summed E-state index contributed by atoms with van der Waals surface area (Å²) in [7, 11) is 3.68. The molecule has 0 amide bonds. The molecule has 0 heterocycles. The molecule has 2 heteroatoms. The standard InChI is InChI=1S/C17H34O2/c1-14(2)10-11-17(12-18-4,13-19-5)16-8-6-15(3)7-9-16/h14-16H,6-13H2,1-5H3. The Balaban J connectivity index is 2.74. The van der Waals surface area contributed by atoms with Crippen molar-refractivity contribution in [3.8, 4) is 0 Å². The van der Waals surface area contributed by atoms with E-state index in [1.54, 1.807) is 0 Å². The van der Waals surface area contributed by atoms with E-state index < -0.39 is 0 Å². The Morgan fingerprint density at radius 1 is 1.00 bits per heavy atom. The van der Waals surface area contributed by atoms with Crippen LogP contribution in [0.25, 0.3) is 0 Å². The van der Waals surface area contributed by atoms with Crippen LogP contribution in [-0.4, -0.2) is 27.4 Å². The molecule has 1 saturated carbocycles. The molecule has 0 N–H and O–H groups in total. The maximum Gasteiger partial charge on any atom is 0.0543 e. The highest BCUT2D eigenvalue weighted by Gasteiger charge is 2.40. The minimum Gasteiger partial charge on any atom is -0.384 e. The molecule has 114 valence electrons. The van der Waals surface area contributed by atoms with Gasteiger partial charge >= 0.3 is 0 Å². The van der Waals surface area contributed by atoms with Crippen LogP contribution in [0.1, 0.15) is 59.3 Å². The normalized spacial score (nSPS) is 24.9. The van der Waals surface area contributed by atoms with E-state index in [9.17, 15) is 0 Å². The van der Waals surface area contributed by atoms with Crippen molar-refractivity contribution in [1.82, 2.24) is 0 Å². The van der Waals surface area contributed by atoms with Gasteiger partial charge in [-0.25, -0.2) is 0 Å². The van der Waals surface area contributed by atoms with Crippen LogP contribution in [0.3, 0.4) is 0 Å². The lowest BCUT2D eigenvalue weighted by Gasteiger charge is -2.43. The maximum absolute atomic E-state index is 5.59. The molecule has 0 unspecified atom stereocenters. The van der Waals surface area contributed by atoms with Crippen LogP contribution in [0.4, 0.5) is 0 Å². The van der Waals surface area contributed by atoms with Crippen molar-refractivity contribution in [2.75, 3.05) is 27.4 Å². The first-order valence-corrected chi connectivity index (χ1v) is 8.02. The van der Waals surface area contributed by atoms with Crippen LogP contribution in [0.5, 0.6) is 0 Å². The van der Waals surface area contributed by atoms with Gasteiger partial charge in [0.25, 0.3) is 0 Å². The molecular formula is C17H34O2. The molecule has 0 aromatic heterocycles. The minimum absolute atomic E-state index is 0.244. The predicted molar refractivity (Wildman–Crippen MR) is 81.4 cm³/mol. The minimum atomic E-state index is 0.244. The fraction of sp³-hybridized carbons (Fsp3) is 1.00. The third-order valence-corrected chi connectivity index (χ3v) is 4.97. The molecule has 0 radical (unpaired) electrons. The molecular weight excluding hydrogens is 236 g/mol. The van der Waals surface area contributed by atoms with Gasteiger partial charge in [0.05, 0.1) is 13.2 Å². The van der Waals surface area contributed by atoms with E-state index in [1.165, 1.54) is 38.5 Å². The van der Waals surface area contributed by atoms with Crippen LogP contribution in [-0.2, 0) is 9.47 Å². The molecule has 0 aliphatic heterocycles. The van der Waals surface area contributed by atoms with E-state index in [-0.39, 0.29) is 5.41 Å². The van der Waals surface area contributed by atoms with Gasteiger partial charge in [0.1, 0.15) is 0 Å². The largest absolute Gasteiger partial charge is 0.384 e. The first-order valence-electron chi connectivity index (χ1n) is 8.02.